The third-order valence-corrected chi connectivity index (χ3v) is 4.27. The van der Waals surface area contributed by atoms with Crippen LogP contribution in [0.2, 0.25) is 0 Å². The van der Waals surface area contributed by atoms with Gasteiger partial charge in [-0.1, -0.05) is 24.1 Å². The molecule has 0 aliphatic heterocycles. The Hall–Kier alpha value is -0.870. The van der Waals surface area contributed by atoms with Crippen LogP contribution in [0.3, 0.4) is 0 Å². The first-order valence-electron chi connectivity index (χ1n) is 5.46. The summed E-state index contributed by atoms with van der Waals surface area (Å²) in [6.45, 7) is 2.06. The van der Waals surface area contributed by atoms with Gasteiger partial charge in [0.2, 0.25) is 0 Å². The number of aryl methyl sites for hydroxylation is 1. The molecule has 0 aromatic heterocycles. The Bertz CT molecular complexity index is 406. The minimum absolute atomic E-state index is 0.130. The minimum atomic E-state index is -3.14. The predicted octanol–water partition coefficient (Wildman–Crippen LogP) is 1.93. The van der Waals surface area contributed by atoms with Crippen LogP contribution < -0.4 is 0 Å². The quantitative estimate of drug-likeness (QED) is 0.775. The number of hydrogen-bond donors (Lipinski definition) is 1. The van der Waals surface area contributed by atoms with Crippen molar-refractivity contribution in [3.63, 3.8) is 0 Å². The van der Waals surface area contributed by atoms with Crippen molar-refractivity contribution in [3.05, 3.63) is 29.8 Å². The van der Waals surface area contributed by atoms with E-state index in [1.54, 1.807) is 24.3 Å². The zero-order chi connectivity index (χ0) is 12.0. The fraction of sp³-hybridized carbons (Fsp3) is 0.500. The second kappa shape index (κ2) is 6.01. The van der Waals surface area contributed by atoms with Crippen molar-refractivity contribution >= 4 is 9.84 Å². The van der Waals surface area contributed by atoms with E-state index >= 15 is 0 Å². The first-order chi connectivity index (χ1) is 7.56. The summed E-state index contributed by atoms with van der Waals surface area (Å²) in [5.74, 6) is 0.163. The van der Waals surface area contributed by atoms with E-state index in [0.29, 0.717) is 17.7 Å². The maximum atomic E-state index is 11.8. The van der Waals surface area contributed by atoms with Gasteiger partial charge in [-0.2, -0.15) is 0 Å². The van der Waals surface area contributed by atoms with Crippen LogP contribution in [0.1, 0.15) is 24.8 Å². The van der Waals surface area contributed by atoms with Crippen LogP contribution in [0, 0.1) is 6.92 Å². The Morgan fingerprint density at radius 1 is 1.06 bits per heavy atom. The van der Waals surface area contributed by atoms with Crippen LogP contribution in [-0.2, 0) is 9.84 Å². The molecule has 3 nitrogen and oxygen atoms in total. The van der Waals surface area contributed by atoms with E-state index in [-0.39, 0.29) is 12.4 Å². The number of aliphatic hydroxyl groups is 1. The Kier molecular flexibility index (Phi) is 4.96. The summed E-state index contributed by atoms with van der Waals surface area (Å²) in [7, 11) is -3.14. The molecule has 0 aliphatic rings. The topological polar surface area (TPSA) is 54.4 Å². The van der Waals surface area contributed by atoms with Crippen LogP contribution in [0.15, 0.2) is 29.2 Å². The predicted molar refractivity (Wildman–Crippen MR) is 64.2 cm³/mol. The molecule has 0 unspecified atom stereocenters. The summed E-state index contributed by atoms with van der Waals surface area (Å²) in [4.78, 5) is 0.391. The van der Waals surface area contributed by atoms with E-state index < -0.39 is 9.84 Å². The first-order valence-corrected chi connectivity index (χ1v) is 7.12. The van der Waals surface area contributed by atoms with Crippen LogP contribution in [-0.4, -0.2) is 25.9 Å². The van der Waals surface area contributed by atoms with Gasteiger partial charge < -0.3 is 5.11 Å². The molecule has 0 aliphatic carbocycles. The summed E-state index contributed by atoms with van der Waals surface area (Å²) in [5.41, 5.74) is 1.05. The van der Waals surface area contributed by atoms with Crippen molar-refractivity contribution in [1.29, 1.82) is 0 Å². The number of sulfone groups is 1. The van der Waals surface area contributed by atoms with Gasteiger partial charge in [-0.05, 0) is 31.9 Å². The molecule has 1 aromatic rings. The number of hydrogen-bond acceptors (Lipinski definition) is 3. The van der Waals surface area contributed by atoms with Gasteiger partial charge in [-0.3, -0.25) is 0 Å². The van der Waals surface area contributed by atoms with Gasteiger partial charge >= 0.3 is 0 Å². The number of aliphatic hydroxyl groups excluding tert-OH is 1. The Labute approximate surface area is 97.0 Å². The highest BCUT2D eigenvalue weighted by molar-refractivity contribution is 7.91. The van der Waals surface area contributed by atoms with Crippen molar-refractivity contribution in [2.24, 2.45) is 0 Å². The highest BCUT2D eigenvalue weighted by atomic mass is 32.2. The lowest BCUT2D eigenvalue weighted by Crippen LogP contribution is -2.07. The highest BCUT2D eigenvalue weighted by Crippen LogP contribution is 2.13. The second-order valence-corrected chi connectivity index (χ2v) is 6.03. The van der Waals surface area contributed by atoms with Gasteiger partial charge in [0.25, 0.3) is 0 Å². The molecule has 16 heavy (non-hydrogen) atoms. The molecule has 0 saturated carbocycles. The zero-order valence-electron chi connectivity index (χ0n) is 9.52. The van der Waals surface area contributed by atoms with Gasteiger partial charge in [-0.25, -0.2) is 8.42 Å². The lowest BCUT2D eigenvalue weighted by atomic mass is 10.2. The van der Waals surface area contributed by atoms with E-state index in [2.05, 4.69) is 0 Å². The van der Waals surface area contributed by atoms with Crippen LogP contribution in [0.5, 0.6) is 0 Å². The van der Waals surface area contributed by atoms with Crippen LogP contribution in [0.4, 0.5) is 0 Å². The second-order valence-electron chi connectivity index (χ2n) is 3.92. The maximum Gasteiger partial charge on any atom is 0.178 e. The average Bonchev–Trinajstić information content (AvgIpc) is 2.25. The molecule has 1 N–H and O–H groups in total. The monoisotopic (exact) mass is 242 g/mol. The molecular weight excluding hydrogens is 224 g/mol. The number of unbranched alkanes of at least 4 members (excludes halogenated alkanes) is 2. The van der Waals surface area contributed by atoms with Crippen molar-refractivity contribution in [2.45, 2.75) is 31.1 Å². The first kappa shape index (κ1) is 13.2. The summed E-state index contributed by atoms with van der Waals surface area (Å²) in [6.07, 6.45) is 2.03. The van der Waals surface area contributed by atoms with Crippen molar-refractivity contribution < 1.29 is 13.5 Å². The van der Waals surface area contributed by atoms with E-state index in [1.165, 1.54) is 0 Å². The van der Waals surface area contributed by atoms with Crippen molar-refractivity contribution in [2.75, 3.05) is 12.4 Å². The number of benzene rings is 1. The molecule has 0 heterocycles. The summed E-state index contributed by atoms with van der Waals surface area (Å²) in [5, 5.41) is 8.59. The smallest absolute Gasteiger partial charge is 0.178 e. The van der Waals surface area contributed by atoms with Gasteiger partial charge in [0.05, 0.1) is 10.6 Å². The fourth-order valence-corrected chi connectivity index (χ4v) is 2.81. The highest BCUT2D eigenvalue weighted by Gasteiger charge is 2.12. The fourth-order valence-electron chi connectivity index (χ4n) is 1.44. The minimum Gasteiger partial charge on any atom is -0.396 e. The lowest BCUT2D eigenvalue weighted by molar-refractivity contribution is 0.284. The number of rotatable bonds is 6. The molecule has 1 aromatic carbocycles. The molecule has 0 radical (unpaired) electrons. The third-order valence-electron chi connectivity index (χ3n) is 2.45. The molecule has 1 rings (SSSR count). The summed E-state index contributed by atoms with van der Waals surface area (Å²) < 4.78 is 23.7. The lowest BCUT2D eigenvalue weighted by Gasteiger charge is -2.04. The Balaban J connectivity index is 2.60. The van der Waals surface area contributed by atoms with Gasteiger partial charge in [0.15, 0.2) is 9.84 Å². The molecule has 0 bridgehead atoms. The Morgan fingerprint density at radius 2 is 1.69 bits per heavy atom. The standard InChI is InChI=1S/C12H18O3S/c1-11-5-7-12(8-6-11)16(14,15)10-4-2-3-9-13/h5-8,13H,2-4,9-10H2,1H3. The van der Waals surface area contributed by atoms with Gasteiger partial charge in [-0.15, -0.1) is 0 Å². The van der Waals surface area contributed by atoms with Crippen molar-refractivity contribution in [3.8, 4) is 0 Å². The van der Waals surface area contributed by atoms with Gasteiger partial charge in [0, 0.05) is 6.61 Å². The molecule has 0 amide bonds. The largest absolute Gasteiger partial charge is 0.396 e. The van der Waals surface area contributed by atoms with E-state index in [1.807, 2.05) is 6.92 Å². The maximum absolute atomic E-state index is 11.8. The third kappa shape index (κ3) is 3.94. The Morgan fingerprint density at radius 3 is 2.25 bits per heavy atom. The molecule has 90 valence electrons. The van der Waals surface area contributed by atoms with Gasteiger partial charge in [0.1, 0.15) is 0 Å². The molecular formula is C12H18O3S. The van der Waals surface area contributed by atoms with Crippen LogP contribution in [0.25, 0.3) is 0 Å². The molecule has 0 fully saturated rings. The molecule has 0 spiro atoms. The molecule has 0 saturated heterocycles. The molecule has 4 heteroatoms. The molecule has 0 atom stereocenters. The van der Waals surface area contributed by atoms with E-state index in [4.69, 9.17) is 5.11 Å². The average molecular weight is 242 g/mol. The normalized spacial score (nSPS) is 11.6. The van der Waals surface area contributed by atoms with Crippen LogP contribution >= 0.6 is 0 Å². The van der Waals surface area contributed by atoms with E-state index in [0.717, 1.165) is 12.0 Å². The zero-order valence-corrected chi connectivity index (χ0v) is 10.3. The summed E-state index contributed by atoms with van der Waals surface area (Å²) in [6, 6.07) is 6.91. The summed E-state index contributed by atoms with van der Waals surface area (Å²) >= 11 is 0. The van der Waals surface area contributed by atoms with E-state index in [9.17, 15) is 8.42 Å². The SMILES string of the molecule is Cc1ccc(S(=O)(=O)CCCCCO)cc1. The van der Waals surface area contributed by atoms with Crippen molar-refractivity contribution in [1.82, 2.24) is 0 Å².